The molecule has 3 aromatic carbocycles. The summed E-state index contributed by atoms with van der Waals surface area (Å²) >= 11 is 6.38. The Morgan fingerprint density at radius 1 is 0.900 bits per heavy atom. The average molecular weight is 412 g/mol. The maximum Gasteiger partial charge on any atom is 0.146 e. The van der Waals surface area contributed by atoms with E-state index in [1.807, 2.05) is 91.9 Å². The van der Waals surface area contributed by atoms with Crippen LogP contribution in [0.1, 0.15) is 5.56 Å². The zero-order valence-electron chi connectivity index (χ0n) is 16.3. The first-order chi connectivity index (χ1) is 14.7. The number of benzene rings is 3. The lowest BCUT2D eigenvalue weighted by atomic mass is 10.1. The number of nitrogens with one attached hydrogen (secondary N) is 1. The largest absolute Gasteiger partial charge is 0.456 e. The van der Waals surface area contributed by atoms with Crippen LogP contribution in [0.25, 0.3) is 33.2 Å². The molecule has 2 aromatic heterocycles. The molecule has 0 amide bonds. The number of nitrogens with zero attached hydrogens (tertiary/aromatic N) is 2. The second-order valence-electron chi connectivity index (χ2n) is 7.07. The zero-order valence-corrected chi connectivity index (χ0v) is 17.0. The Balaban J connectivity index is 1.66. The predicted molar refractivity (Wildman–Crippen MR) is 122 cm³/mol. The standard InChI is InChI=1S/C25H18ClN3O/c1-16-13-24-19(14-20(16)26)22(15-23(30-24)18-8-3-2-4-9-18)28-29-25-12-11-17-7-5-6-10-21(17)27-25/h2-15H,1H3,(H,27,29). The number of hydrogen-bond acceptors (Lipinski definition) is 4. The summed E-state index contributed by atoms with van der Waals surface area (Å²) in [6.07, 6.45) is 0. The van der Waals surface area contributed by atoms with E-state index >= 15 is 0 Å². The van der Waals surface area contributed by atoms with Gasteiger partial charge in [-0.15, -0.1) is 0 Å². The number of rotatable bonds is 3. The number of aromatic nitrogens is 1. The minimum absolute atomic E-state index is 0.669. The third-order valence-corrected chi connectivity index (χ3v) is 5.38. The Morgan fingerprint density at radius 3 is 2.57 bits per heavy atom. The van der Waals surface area contributed by atoms with E-state index in [0.717, 1.165) is 44.1 Å². The van der Waals surface area contributed by atoms with Gasteiger partial charge in [0.05, 0.1) is 10.9 Å². The van der Waals surface area contributed by atoms with Crippen molar-refractivity contribution in [3.05, 3.63) is 101 Å². The van der Waals surface area contributed by atoms with Gasteiger partial charge in [-0.2, -0.15) is 5.10 Å². The van der Waals surface area contributed by atoms with Crippen LogP contribution in [0.4, 0.5) is 5.82 Å². The van der Waals surface area contributed by atoms with Gasteiger partial charge in [-0.25, -0.2) is 4.98 Å². The van der Waals surface area contributed by atoms with Gasteiger partial charge in [0, 0.05) is 27.4 Å². The molecule has 0 unspecified atom stereocenters. The summed E-state index contributed by atoms with van der Waals surface area (Å²) in [5.74, 6) is 1.40. The molecule has 0 aliphatic rings. The molecule has 4 nitrogen and oxygen atoms in total. The Labute approximate surface area is 178 Å². The Bertz CT molecular complexity index is 1440. The predicted octanol–water partition coefficient (Wildman–Crippen LogP) is 6.54. The van der Waals surface area contributed by atoms with Crippen LogP contribution in [0.5, 0.6) is 0 Å². The molecule has 30 heavy (non-hydrogen) atoms. The van der Waals surface area contributed by atoms with E-state index < -0.39 is 0 Å². The smallest absolute Gasteiger partial charge is 0.146 e. The molecule has 0 spiro atoms. The van der Waals surface area contributed by atoms with Crippen LogP contribution >= 0.6 is 11.6 Å². The third kappa shape index (κ3) is 3.53. The summed E-state index contributed by atoms with van der Waals surface area (Å²) in [4.78, 5) is 4.63. The van der Waals surface area contributed by atoms with Crippen molar-refractivity contribution < 1.29 is 4.42 Å². The van der Waals surface area contributed by atoms with E-state index in [0.29, 0.717) is 10.8 Å². The molecule has 0 atom stereocenters. The fraction of sp³-hybridized carbons (Fsp3) is 0.0400. The highest BCUT2D eigenvalue weighted by Gasteiger charge is 2.09. The van der Waals surface area contributed by atoms with Crippen molar-refractivity contribution in [2.75, 3.05) is 5.43 Å². The van der Waals surface area contributed by atoms with E-state index in [-0.39, 0.29) is 0 Å². The van der Waals surface area contributed by atoms with Crippen molar-refractivity contribution >= 4 is 39.3 Å². The molecular formula is C25H18ClN3O. The second-order valence-corrected chi connectivity index (χ2v) is 7.48. The van der Waals surface area contributed by atoms with Crippen molar-refractivity contribution in [3.8, 4) is 11.3 Å². The number of hydrogen-bond donors (Lipinski definition) is 1. The second kappa shape index (κ2) is 7.65. The molecule has 0 saturated carbocycles. The monoisotopic (exact) mass is 411 g/mol. The van der Waals surface area contributed by atoms with Gasteiger partial charge in [-0.1, -0.05) is 60.1 Å². The lowest BCUT2D eigenvalue weighted by Gasteiger charge is -2.07. The first kappa shape index (κ1) is 18.4. The van der Waals surface area contributed by atoms with Gasteiger partial charge in [-0.3, -0.25) is 5.43 Å². The van der Waals surface area contributed by atoms with E-state index in [9.17, 15) is 0 Å². The summed E-state index contributed by atoms with van der Waals surface area (Å²) in [7, 11) is 0. The van der Waals surface area contributed by atoms with Crippen LogP contribution in [0, 0.1) is 6.92 Å². The number of fused-ring (bicyclic) bond motifs is 2. The third-order valence-electron chi connectivity index (χ3n) is 4.97. The molecule has 0 radical (unpaired) electrons. The number of pyridine rings is 1. The van der Waals surface area contributed by atoms with Gasteiger partial charge in [0.25, 0.3) is 0 Å². The van der Waals surface area contributed by atoms with Crippen LogP contribution in [-0.2, 0) is 0 Å². The lowest BCUT2D eigenvalue weighted by Crippen LogP contribution is -2.08. The Hall–Kier alpha value is -3.63. The molecule has 5 heteroatoms. The van der Waals surface area contributed by atoms with Gasteiger partial charge in [0.15, 0.2) is 0 Å². The van der Waals surface area contributed by atoms with Crippen molar-refractivity contribution in [3.63, 3.8) is 0 Å². The normalized spacial score (nSPS) is 11.9. The molecule has 146 valence electrons. The first-order valence-corrected chi connectivity index (χ1v) is 10.0. The first-order valence-electron chi connectivity index (χ1n) is 9.62. The van der Waals surface area contributed by atoms with Gasteiger partial charge < -0.3 is 4.42 Å². The highest BCUT2D eigenvalue weighted by Crippen LogP contribution is 2.26. The molecule has 5 rings (SSSR count). The summed E-state index contributed by atoms with van der Waals surface area (Å²) in [5, 5.41) is 7.95. The molecule has 1 N–H and O–H groups in total. The van der Waals surface area contributed by atoms with Crippen LogP contribution in [0.3, 0.4) is 0 Å². The van der Waals surface area contributed by atoms with Crippen molar-refractivity contribution in [1.82, 2.24) is 4.98 Å². The van der Waals surface area contributed by atoms with Crippen molar-refractivity contribution in [2.24, 2.45) is 5.10 Å². The van der Waals surface area contributed by atoms with E-state index in [2.05, 4.69) is 15.5 Å². The van der Waals surface area contributed by atoms with E-state index in [1.165, 1.54) is 0 Å². The molecule has 0 aliphatic carbocycles. The maximum atomic E-state index is 6.38. The number of para-hydroxylation sites is 1. The molecule has 0 saturated heterocycles. The average Bonchev–Trinajstić information content (AvgIpc) is 2.79. The molecular weight excluding hydrogens is 394 g/mol. The Morgan fingerprint density at radius 2 is 1.70 bits per heavy atom. The van der Waals surface area contributed by atoms with Crippen LogP contribution < -0.4 is 10.8 Å². The highest BCUT2D eigenvalue weighted by molar-refractivity contribution is 6.32. The van der Waals surface area contributed by atoms with Gasteiger partial charge in [0.2, 0.25) is 0 Å². The van der Waals surface area contributed by atoms with Gasteiger partial charge in [-0.05, 0) is 42.8 Å². The topological polar surface area (TPSA) is 50.4 Å². The zero-order chi connectivity index (χ0) is 20.5. The van der Waals surface area contributed by atoms with Gasteiger partial charge in [0.1, 0.15) is 17.2 Å². The molecule has 5 aromatic rings. The summed E-state index contributed by atoms with van der Waals surface area (Å²) in [6, 6.07) is 27.6. The van der Waals surface area contributed by atoms with Crippen LogP contribution in [-0.4, -0.2) is 4.98 Å². The van der Waals surface area contributed by atoms with Crippen LogP contribution in [0.15, 0.2) is 94.4 Å². The summed E-state index contributed by atoms with van der Waals surface area (Å²) in [6.45, 7) is 1.96. The van der Waals surface area contributed by atoms with Gasteiger partial charge >= 0.3 is 0 Å². The fourth-order valence-corrected chi connectivity index (χ4v) is 3.54. The molecule has 0 bridgehead atoms. The SMILES string of the molecule is Cc1cc2oc(-c3ccccc3)cc(=NNc3ccc4ccccc4n3)c2cc1Cl. The molecule has 0 aliphatic heterocycles. The minimum Gasteiger partial charge on any atom is -0.456 e. The molecule has 2 heterocycles. The summed E-state index contributed by atoms with van der Waals surface area (Å²) in [5.41, 5.74) is 6.66. The summed E-state index contributed by atoms with van der Waals surface area (Å²) < 4.78 is 6.17. The Kier molecular flexibility index (Phi) is 4.69. The number of halogens is 1. The molecule has 0 fully saturated rings. The van der Waals surface area contributed by atoms with Crippen molar-refractivity contribution in [1.29, 1.82) is 0 Å². The number of anilines is 1. The van der Waals surface area contributed by atoms with E-state index in [1.54, 1.807) is 0 Å². The quantitative estimate of drug-likeness (QED) is 0.343. The van der Waals surface area contributed by atoms with Crippen molar-refractivity contribution in [2.45, 2.75) is 6.92 Å². The van der Waals surface area contributed by atoms with E-state index in [4.69, 9.17) is 16.0 Å². The lowest BCUT2D eigenvalue weighted by molar-refractivity contribution is 0.618. The highest BCUT2D eigenvalue weighted by atomic mass is 35.5. The minimum atomic E-state index is 0.669. The fourth-order valence-electron chi connectivity index (χ4n) is 3.37. The van der Waals surface area contributed by atoms with Crippen LogP contribution in [0.2, 0.25) is 5.02 Å². The number of aryl methyl sites for hydroxylation is 1. The maximum absolute atomic E-state index is 6.38.